The van der Waals surface area contributed by atoms with Crippen LogP contribution in [0.1, 0.15) is 278 Å². The van der Waals surface area contributed by atoms with E-state index in [4.69, 9.17) is 5.73 Å². The highest BCUT2D eigenvalue weighted by Gasteiger charge is 2.05. The number of nitrogens with two attached hydrogens (primary N) is 1. The van der Waals surface area contributed by atoms with Crippen LogP contribution in [0.4, 0.5) is 0 Å². The van der Waals surface area contributed by atoms with Crippen molar-refractivity contribution in [2.75, 3.05) is 26.2 Å². The number of rotatable bonds is 42. The molecule has 0 saturated carbocycles. The Morgan fingerprint density at radius 2 is 0.388 bits per heavy atom. The van der Waals surface area contributed by atoms with Crippen LogP contribution in [0.5, 0.6) is 0 Å². The normalized spacial score (nSPS) is 11.4. The van der Waals surface area contributed by atoms with Crippen molar-refractivity contribution in [2.45, 2.75) is 278 Å². The van der Waals surface area contributed by atoms with Gasteiger partial charge in [0.25, 0.3) is 0 Å². The second kappa shape index (κ2) is 50.0. The Morgan fingerprint density at radius 3 is 0.571 bits per heavy atom. The van der Waals surface area contributed by atoms with E-state index in [1.807, 2.05) is 0 Å². The van der Waals surface area contributed by atoms with Crippen LogP contribution in [0.3, 0.4) is 0 Å². The van der Waals surface area contributed by atoms with Gasteiger partial charge in [0.05, 0.1) is 0 Å². The predicted octanol–water partition coefficient (Wildman–Crippen LogP) is 16.5. The summed E-state index contributed by atoms with van der Waals surface area (Å²) < 4.78 is 0. The standard InChI is InChI=1S/C36H75N.C11H25N/c1-4-7-10-13-16-19-22-25-28-31-34-37(35-32-29-26-23-20-17-14-11-8-5-2)36-33-30-27-24-21-18-15-12-9-6-3;1-2-3-4-5-6-7-8-9-10-11-12/h4-36H2,1-3H3;2-12H2,1H3. The first kappa shape index (κ1) is 51.0. The smallest absolute Gasteiger partial charge is 0.00187 e. The van der Waals surface area contributed by atoms with Crippen molar-refractivity contribution < 1.29 is 0 Å². The highest BCUT2D eigenvalue weighted by atomic mass is 15.1. The predicted molar refractivity (Wildman–Crippen MR) is 228 cm³/mol. The van der Waals surface area contributed by atoms with Crippen LogP contribution in [0.15, 0.2) is 0 Å². The number of hydrogen-bond acceptors (Lipinski definition) is 2. The van der Waals surface area contributed by atoms with Crippen LogP contribution in [0.25, 0.3) is 0 Å². The first-order valence-corrected chi connectivity index (χ1v) is 23.7. The quantitative estimate of drug-likeness (QED) is 0.0645. The zero-order chi connectivity index (χ0) is 36.0. The third-order valence-electron chi connectivity index (χ3n) is 10.8. The van der Waals surface area contributed by atoms with Crippen molar-refractivity contribution in [2.24, 2.45) is 5.73 Å². The van der Waals surface area contributed by atoms with Crippen molar-refractivity contribution in [3.63, 3.8) is 0 Å². The van der Waals surface area contributed by atoms with Gasteiger partial charge in [-0.25, -0.2) is 0 Å². The molecule has 0 aliphatic heterocycles. The van der Waals surface area contributed by atoms with Gasteiger partial charge in [-0.3, -0.25) is 0 Å². The maximum Gasteiger partial charge on any atom is -0.00187 e. The summed E-state index contributed by atoms with van der Waals surface area (Å²) >= 11 is 0. The Bertz CT molecular complexity index is 453. The summed E-state index contributed by atoms with van der Waals surface area (Å²) in [6.07, 6.45) is 56.1. The number of unbranched alkanes of at least 4 members (excludes halogenated alkanes) is 35. The van der Waals surface area contributed by atoms with Crippen LogP contribution >= 0.6 is 0 Å². The maximum absolute atomic E-state index is 5.41. The van der Waals surface area contributed by atoms with Gasteiger partial charge in [0.15, 0.2) is 0 Å². The van der Waals surface area contributed by atoms with Gasteiger partial charge in [-0.2, -0.15) is 0 Å². The van der Waals surface area contributed by atoms with Gasteiger partial charge in [0.2, 0.25) is 0 Å². The van der Waals surface area contributed by atoms with Gasteiger partial charge in [-0.1, -0.05) is 252 Å². The summed E-state index contributed by atoms with van der Waals surface area (Å²) in [5.41, 5.74) is 5.41. The van der Waals surface area contributed by atoms with Gasteiger partial charge in [-0.15, -0.1) is 0 Å². The molecule has 0 rings (SSSR count). The van der Waals surface area contributed by atoms with Crippen molar-refractivity contribution in [1.82, 2.24) is 4.90 Å². The highest BCUT2D eigenvalue weighted by Crippen LogP contribution is 2.15. The van der Waals surface area contributed by atoms with E-state index >= 15 is 0 Å². The van der Waals surface area contributed by atoms with Crippen molar-refractivity contribution in [3.05, 3.63) is 0 Å². The molecule has 0 bridgehead atoms. The van der Waals surface area contributed by atoms with Crippen molar-refractivity contribution >= 4 is 0 Å². The Labute approximate surface area is 314 Å². The molecule has 0 aromatic heterocycles. The molecule has 0 radical (unpaired) electrons. The van der Waals surface area contributed by atoms with Crippen LogP contribution in [-0.2, 0) is 0 Å². The molecular weight excluding hydrogens is 593 g/mol. The van der Waals surface area contributed by atoms with Gasteiger partial charge in [0.1, 0.15) is 0 Å². The molecule has 0 aliphatic carbocycles. The molecule has 0 aromatic rings. The molecule has 2 N–H and O–H groups in total. The SMILES string of the molecule is CCCCCCCCCCCCN(CCCCCCCCCCCC)CCCCCCCCCCCC.CCCCCCCCCCCN. The summed E-state index contributed by atoms with van der Waals surface area (Å²) in [7, 11) is 0. The minimum Gasteiger partial charge on any atom is -0.330 e. The van der Waals surface area contributed by atoms with E-state index in [1.54, 1.807) is 0 Å². The summed E-state index contributed by atoms with van der Waals surface area (Å²) in [5, 5.41) is 0. The van der Waals surface area contributed by atoms with E-state index in [2.05, 4.69) is 32.6 Å². The summed E-state index contributed by atoms with van der Waals surface area (Å²) in [6.45, 7) is 14.2. The van der Waals surface area contributed by atoms with E-state index in [0.717, 1.165) is 6.54 Å². The topological polar surface area (TPSA) is 29.3 Å². The third-order valence-corrected chi connectivity index (χ3v) is 10.8. The fourth-order valence-corrected chi connectivity index (χ4v) is 7.26. The molecule has 2 nitrogen and oxygen atoms in total. The lowest BCUT2D eigenvalue weighted by molar-refractivity contribution is 0.254. The first-order valence-electron chi connectivity index (χ1n) is 23.7. The fraction of sp³-hybridized carbons (Fsp3) is 1.00. The molecule has 0 aromatic carbocycles. The lowest BCUT2D eigenvalue weighted by atomic mass is 10.1. The van der Waals surface area contributed by atoms with Crippen LogP contribution < -0.4 is 5.73 Å². The largest absolute Gasteiger partial charge is 0.330 e. The van der Waals surface area contributed by atoms with Gasteiger partial charge in [0, 0.05) is 0 Å². The molecule has 0 aliphatic rings. The van der Waals surface area contributed by atoms with E-state index in [0.29, 0.717) is 0 Å². The minimum absolute atomic E-state index is 0.871. The fourth-order valence-electron chi connectivity index (χ4n) is 7.26. The monoisotopic (exact) mass is 693 g/mol. The average Bonchev–Trinajstić information content (AvgIpc) is 3.11. The second-order valence-corrected chi connectivity index (χ2v) is 16.0. The average molecular weight is 693 g/mol. The Balaban J connectivity index is 0. The van der Waals surface area contributed by atoms with E-state index in [-0.39, 0.29) is 0 Å². The molecule has 298 valence electrons. The molecule has 0 saturated heterocycles. The van der Waals surface area contributed by atoms with Gasteiger partial charge in [-0.05, 0) is 51.9 Å². The minimum atomic E-state index is 0.871. The Hall–Kier alpha value is -0.0800. The molecule has 2 heteroatoms. The molecule has 49 heavy (non-hydrogen) atoms. The van der Waals surface area contributed by atoms with Gasteiger partial charge < -0.3 is 10.6 Å². The Morgan fingerprint density at radius 1 is 0.224 bits per heavy atom. The molecule has 0 amide bonds. The van der Waals surface area contributed by atoms with E-state index < -0.39 is 0 Å². The van der Waals surface area contributed by atoms with Crippen LogP contribution in [0.2, 0.25) is 0 Å². The maximum atomic E-state index is 5.41. The molecule has 0 spiro atoms. The molecule has 0 atom stereocenters. The van der Waals surface area contributed by atoms with Crippen LogP contribution in [0, 0.1) is 0 Å². The molecule has 0 unspecified atom stereocenters. The number of hydrogen-bond donors (Lipinski definition) is 1. The lowest BCUT2D eigenvalue weighted by Gasteiger charge is -2.22. The van der Waals surface area contributed by atoms with Crippen LogP contribution in [-0.4, -0.2) is 31.1 Å². The van der Waals surface area contributed by atoms with E-state index in [1.165, 1.54) is 270 Å². The molecule has 0 heterocycles. The third kappa shape index (κ3) is 50.1. The molecule has 0 fully saturated rings. The van der Waals surface area contributed by atoms with Crippen molar-refractivity contribution in [3.8, 4) is 0 Å². The number of nitrogens with zero attached hydrogens (tertiary/aromatic N) is 1. The van der Waals surface area contributed by atoms with Crippen molar-refractivity contribution in [1.29, 1.82) is 0 Å². The van der Waals surface area contributed by atoms with Gasteiger partial charge >= 0.3 is 0 Å². The zero-order valence-corrected chi connectivity index (χ0v) is 35.4. The zero-order valence-electron chi connectivity index (χ0n) is 35.4. The molecular formula is C47H100N2. The summed E-state index contributed by atoms with van der Waals surface area (Å²) in [5.74, 6) is 0. The van der Waals surface area contributed by atoms with E-state index in [9.17, 15) is 0 Å². The Kier molecular flexibility index (Phi) is 52.1. The summed E-state index contributed by atoms with van der Waals surface area (Å²) in [6, 6.07) is 0. The highest BCUT2D eigenvalue weighted by molar-refractivity contribution is 4.61. The summed E-state index contributed by atoms with van der Waals surface area (Å²) in [4.78, 5) is 2.85. The second-order valence-electron chi connectivity index (χ2n) is 16.0. The first-order chi connectivity index (χ1) is 24.3. The lowest BCUT2D eigenvalue weighted by Crippen LogP contribution is -2.27.